The maximum atomic E-state index is 13.0. The maximum Gasteiger partial charge on any atom is 0.408 e. The molecule has 0 radical (unpaired) electrons. The standard InChI is InChI=1S/C25H38N2O7/c1-16(2)20(22(30)34-25(6,7)8)27-21(29)18(14-19(28)33-24(3,4)5)26-23(31)32-15-17-12-10-9-11-13-17/h9-13,16,18,20H,14-15H2,1-8H3,(H,26,31)(H,27,29)/t18-,20-/m0/s1. The van der Waals surface area contributed by atoms with E-state index in [0.717, 1.165) is 5.56 Å². The van der Waals surface area contributed by atoms with Gasteiger partial charge in [-0.1, -0.05) is 44.2 Å². The summed E-state index contributed by atoms with van der Waals surface area (Å²) >= 11 is 0. The first-order chi connectivity index (χ1) is 15.6. The summed E-state index contributed by atoms with van der Waals surface area (Å²) in [6.45, 7) is 13.7. The Kier molecular flexibility index (Phi) is 10.5. The molecule has 0 aliphatic rings. The second-order valence-electron chi connectivity index (χ2n) is 10.3. The van der Waals surface area contributed by atoms with Crippen molar-refractivity contribution in [3.05, 3.63) is 35.9 Å². The van der Waals surface area contributed by atoms with Crippen molar-refractivity contribution in [2.45, 2.75) is 91.7 Å². The van der Waals surface area contributed by atoms with Crippen LogP contribution >= 0.6 is 0 Å². The predicted octanol–water partition coefficient (Wildman–Crippen LogP) is 3.50. The lowest BCUT2D eigenvalue weighted by Gasteiger charge is -2.28. The van der Waals surface area contributed by atoms with Gasteiger partial charge in [0, 0.05) is 0 Å². The van der Waals surface area contributed by atoms with Gasteiger partial charge < -0.3 is 24.8 Å². The summed E-state index contributed by atoms with van der Waals surface area (Å²) in [5.41, 5.74) is -0.761. The highest BCUT2D eigenvalue weighted by Gasteiger charge is 2.34. The SMILES string of the molecule is CC(C)[C@H](NC(=O)[C@H](CC(=O)OC(C)(C)C)NC(=O)OCc1ccccc1)C(=O)OC(C)(C)C. The molecular formula is C25H38N2O7. The summed E-state index contributed by atoms with van der Waals surface area (Å²) in [6, 6.07) is 6.71. The monoisotopic (exact) mass is 478 g/mol. The van der Waals surface area contributed by atoms with Crippen LogP contribution in [0, 0.1) is 5.92 Å². The van der Waals surface area contributed by atoms with Gasteiger partial charge in [0.25, 0.3) is 0 Å². The summed E-state index contributed by atoms with van der Waals surface area (Å²) in [5, 5.41) is 5.00. The molecule has 0 aliphatic heterocycles. The molecule has 0 saturated heterocycles. The Morgan fingerprint density at radius 1 is 0.853 bits per heavy atom. The van der Waals surface area contributed by atoms with Crippen molar-refractivity contribution in [2.75, 3.05) is 0 Å². The first-order valence-corrected chi connectivity index (χ1v) is 11.3. The molecule has 34 heavy (non-hydrogen) atoms. The zero-order chi connectivity index (χ0) is 26.1. The molecule has 2 N–H and O–H groups in total. The third-order valence-electron chi connectivity index (χ3n) is 4.24. The lowest BCUT2D eigenvalue weighted by Crippen LogP contribution is -2.55. The summed E-state index contributed by atoms with van der Waals surface area (Å²) in [5.74, 6) is -2.33. The molecule has 9 nitrogen and oxygen atoms in total. The normalized spacial score (nSPS) is 13.4. The molecule has 0 heterocycles. The fourth-order valence-electron chi connectivity index (χ4n) is 2.78. The number of ether oxygens (including phenoxy) is 3. The lowest BCUT2D eigenvalue weighted by molar-refractivity contribution is -0.160. The van der Waals surface area contributed by atoms with Crippen LogP contribution in [-0.4, -0.2) is 47.2 Å². The zero-order valence-electron chi connectivity index (χ0n) is 21.4. The van der Waals surface area contributed by atoms with E-state index in [2.05, 4.69) is 10.6 Å². The molecule has 0 spiro atoms. The summed E-state index contributed by atoms with van der Waals surface area (Å²) in [6.07, 6.45) is -1.33. The molecule has 2 amide bonds. The third-order valence-corrected chi connectivity index (χ3v) is 4.24. The molecule has 0 fully saturated rings. The van der Waals surface area contributed by atoms with E-state index in [1.807, 2.05) is 6.07 Å². The Balaban J connectivity index is 2.95. The fourth-order valence-corrected chi connectivity index (χ4v) is 2.78. The van der Waals surface area contributed by atoms with Gasteiger partial charge in [-0.15, -0.1) is 0 Å². The molecule has 2 atom stereocenters. The minimum Gasteiger partial charge on any atom is -0.460 e. The van der Waals surface area contributed by atoms with Crippen molar-refractivity contribution >= 4 is 23.9 Å². The van der Waals surface area contributed by atoms with Crippen molar-refractivity contribution < 1.29 is 33.4 Å². The van der Waals surface area contributed by atoms with Crippen molar-refractivity contribution in [3.63, 3.8) is 0 Å². The Hall–Kier alpha value is -3.10. The van der Waals surface area contributed by atoms with E-state index in [9.17, 15) is 19.2 Å². The summed E-state index contributed by atoms with van der Waals surface area (Å²) in [4.78, 5) is 50.4. The number of nitrogens with one attached hydrogen (secondary N) is 2. The van der Waals surface area contributed by atoms with E-state index in [4.69, 9.17) is 14.2 Å². The Bertz CT molecular complexity index is 839. The van der Waals surface area contributed by atoms with Crippen molar-refractivity contribution in [3.8, 4) is 0 Å². The molecule has 1 aromatic rings. The molecular weight excluding hydrogens is 440 g/mol. The topological polar surface area (TPSA) is 120 Å². The highest BCUT2D eigenvalue weighted by molar-refractivity contribution is 5.92. The minimum atomic E-state index is -1.32. The van der Waals surface area contributed by atoms with Crippen LogP contribution in [0.2, 0.25) is 0 Å². The highest BCUT2D eigenvalue weighted by atomic mass is 16.6. The van der Waals surface area contributed by atoms with Gasteiger partial charge in [0.15, 0.2) is 0 Å². The van der Waals surface area contributed by atoms with E-state index in [0.29, 0.717) is 0 Å². The first-order valence-electron chi connectivity index (χ1n) is 11.3. The van der Waals surface area contributed by atoms with E-state index in [-0.39, 0.29) is 12.5 Å². The van der Waals surface area contributed by atoms with Gasteiger partial charge >= 0.3 is 18.0 Å². The van der Waals surface area contributed by atoms with Gasteiger partial charge in [0.1, 0.15) is 29.9 Å². The quantitative estimate of drug-likeness (QED) is 0.412. The van der Waals surface area contributed by atoms with Crippen molar-refractivity contribution in [1.82, 2.24) is 10.6 Å². The summed E-state index contributed by atoms with van der Waals surface area (Å²) in [7, 11) is 0. The molecule has 0 aromatic heterocycles. The highest BCUT2D eigenvalue weighted by Crippen LogP contribution is 2.14. The number of esters is 2. The molecule has 0 unspecified atom stereocenters. The molecule has 0 aliphatic carbocycles. The van der Waals surface area contributed by atoms with E-state index >= 15 is 0 Å². The Morgan fingerprint density at radius 2 is 1.41 bits per heavy atom. The van der Waals surface area contributed by atoms with Crippen LogP contribution in [-0.2, 0) is 35.2 Å². The molecule has 0 bridgehead atoms. The van der Waals surface area contributed by atoms with Crippen molar-refractivity contribution in [1.29, 1.82) is 0 Å². The number of carbonyl (C=O) groups excluding carboxylic acids is 4. The lowest BCUT2D eigenvalue weighted by atomic mass is 10.0. The number of hydrogen-bond acceptors (Lipinski definition) is 7. The second-order valence-corrected chi connectivity index (χ2v) is 10.3. The average Bonchev–Trinajstić information content (AvgIpc) is 2.67. The van der Waals surface area contributed by atoms with Gasteiger partial charge in [0.2, 0.25) is 5.91 Å². The maximum absolute atomic E-state index is 13.0. The number of amides is 2. The third kappa shape index (κ3) is 11.7. The fraction of sp³-hybridized carbons (Fsp3) is 0.600. The zero-order valence-corrected chi connectivity index (χ0v) is 21.4. The number of hydrogen-bond donors (Lipinski definition) is 2. The van der Waals surface area contributed by atoms with Crippen molar-refractivity contribution in [2.24, 2.45) is 5.92 Å². The van der Waals surface area contributed by atoms with Gasteiger partial charge in [-0.3, -0.25) is 9.59 Å². The van der Waals surface area contributed by atoms with Gasteiger partial charge in [-0.25, -0.2) is 9.59 Å². The van der Waals surface area contributed by atoms with Gasteiger partial charge in [-0.2, -0.15) is 0 Å². The van der Waals surface area contributed by atoms with Gasteiger partial charge in [-0.05, 0) is 53.0 Å². The molecule has 1 aromatic carbocycles. The molecule has 190 valence electrons. The smallest absolute Gasteiger partial charge is 0.408 e. The molecule has 0 saturated carbocycles. The van der Waals surface area contributed by atoms with Crippen LogP contribution in [0.15, 0.2) is 30.3 Å². The van der Waals surface area contributed by atoms with Crippen LogP contribution in [0.3, 0.4) is 0 Å². The average molecular weight is 479 g/mol. The van der Waals surface area contributed by atoms with Crippen LogP contribution in [0.5, 0.6) is 0 Å². The second kappa shape index (κ2) is 12.4. The van der Waals surface area contributed by atoms with E-state index < -0.39 is 53.6 Å². The van der Waals surface area contributed by atoms with Crippen LogP contribution in [0.4, 0.5) is 4.79 Å². The van der Waals surface area contributed by atoms with Gasteiger partial charge in [0.05, 0.1) is 6.42 Å². The van der Waals surface area contributed by atoms with Crippen LogP contribution in [0.1, 0.15) is 67.4 Å². The minimum absolute atomic E-state index is 0.0139. The predicted molar refractivity (Wildman–Crippen MR) is 127 cm³/mol. The molecule has 9 heteroatoms. The Morgan fingerprint density at radius 3 is 1.91 bits per heavy atom. The Labute approximate surface area is 201 Å². The molecule has 1 rings (SSSR count). The summed E-state index contributed by atoms with van der Waals surface area (Å²) < 4.78 is 15.9. The van der Waals surface area contributed by atoms with Crippen LogP contribution in [0.25, 0.3) is 0 Å². The van der Waals surface area contributed by atoms with E-state index in [1.54, 1.807) is 79.7 Å². The van der Waals surface area contributed by atoms with E-state index in [1.165, 1.54) is 0 Å². The number of rotatable bonds is 9. The number of benzene rings is 1. The largest absolute Gasteiger partial charge is 0.460 e. The number of carbonyl (C=O) groups is 4. The van der Waals surface area contributed by atoms with Crippen LogP contribution < -0.4 is 10.6 Å². The first kappa shape index (κ1) is 28.9. The number of alkyl carbamates (subject to hydrolysis) is 1.